The SMILES string of the molecule is Cc1ccc(NC(=O)COC(=O)[C@H]2[C@H]3CC[C@@H](C3)[C@H]2C(=O)c2ccccc2)cc1Cl. The van der Waals surface area contributed by atoms with Crippen LogP contribution in [0, 0.1) is 30.6 Å². The van der Waals surface area contributed by atoms with Gasteiger partial charge in [0.15, 0.2) is 12.4 Å². The van der Waals surface area contributed by atoms with Crippen molar-refractivity contribution in [1.29, 1.82) is 0 Å². The largest absolute Gasteiger partial charge is 0.455 e. The normalized spacial score (nSPS) is 24.5. The van der Waals surface area contributed by atoms with Gasteiger partial charge in [0, 0.05) is 22.2 Å². The standard InChI is InChI=1S/C24H24ClNO4/c1-14-7-10-18(12-19(14)25)26-20(27)13-30-24(29)22-17-9-8-16(11-17)21(22)23(28)15-5-3-2-4-6-15/h2-7,10,12,16-17,21-22H,8-9,11,13H2,1H3,(H,26,27)/t16-,17-,21+,22-/m0/s1. The highest BCUT2D eigenvalue weighted by molar-refractivity contribution is 6.31. The molecule has 0 saturated heterocycles. The first-order valence-corrected chi connectivity index (χ1v) is 10.6. The molecule has 156 valence electrons. The third-order valence-electron chi connectivity index (χ3n) is 6.35. The minimum atomic E-state index is -0.474. The molecular weight excluding hydrogens is 402 g/mol. The van der Waals surface area contributed by atoms with Gasteiger partial charge < -0.3 is 10.1 Å². The van der Waals surface area contributed by atoms with Gasteiger partial charge >= 0.3 is 5.97 Å². The molecule has 5 nitrogen and oxygen atoms in total. The Morgan fingerprint density at radius 3 is 2.43 bits per heavy atom. The molecule has 2 fully saturated rings. The molecular formula is C24H24ClNO4. The van der Waals surface area contributed by atoms with E-state index in [1.807, 2.05) is 25.1 Å². The summed E-state index contributed by atoms with van der Waals surface area (Å²) in [7, 11) is 0. The topological polar surface area (TPSA) is 72.5 Å². The molecule has 30 heavy (non-hydrogen) atoms. The number of rotatable bonds is 6. The van der Waals surface area contributed by atoms with Crippen molar-refractivity contribution in [1.82, 2.24) is 0 Å². The number of ketones is 1. The average Bonchev–Trinajstić information content (AvgIpc) is 3.36. The molecule has 0 aromatic heterocycles. The first-order valence-electron chi connectivity index (χ1n) is 10.3. The molecule has 0 radical (unpaired) electrons. The Morgan fingerprint density at radius 2 is 1.73 bits per heavy atom. The number of halogens is 1. The lowest BCUT2D eigenvalue weighted by atomic mass is 9.75. The maximum absolute atomic E-state index is 13.1. The summed E-state index contributed by atoms with van der Waals surface area (Å²) < 4.78 is 5.35. The van der Waals surface area contributed by atoms with Crippen molar-refractivity contribution in [2.45, 2.75) is 26.2 Å². The molecule has 2 saturated carbocycles. The molecule has 0 unspecified atom stereocenters. The van der Waals surface area contributed by atoms with Crippen molar-refractivity contribution in [3.05, 3.63) is 64.7 Å². The summed E-state index contributed by atoms with van der Waals surface area (Å²) >= 11 is 6.07. The summed E-state index contributed by atoms with van der Waals surface area (Å²) in [5.41, 5.74) is 2.08. The van der Waals surface area contributed by atoms with Gasteiger partial charge in [0.2, 0.25) is 0 Å². The van der Waals surface area contributed by atoms with E-state index in [9.17, 15) is 14.4 Å². The van der Waals surface area contributed by atoms with E-state index in [1.54, 1.807) is 30.3 Å². The number of Topliss-reactive ketones (excluding diaryl/α,β-unsaturated/α-hetero) is 1. The van der Waals surface area contributed by atoms with Crippen LogP contribution in [0.1, 0.15) is 35.2 Å². The number of nitrogens with one attached hydrogen (secondary N) is 1. The van der Waals surface area contributed by atoms with Gasteiger partial charge in [-0.2, -0.15) is 0 Å². The third-order valence-corrected chi connectivity index (χ3v) is 6.76. The van der Waals surface area contributed by atoms with Crippen LogP contribution in [0.2, 0.25) is 5.02 Å². The zero-order chi connectivity index (χ0) is 21.3. The number of aryl methyl sites for hydroxylation is 1. The molecule has 2 aromatic rings. The maximum atomic E-state index is 13.1. The summed E-state index contributed by atoms with van der Waals surface area (Å²) in [6, 6.07) is 14.3. The molecule has 6 heteroatoms. The second kappa shape index (κ2) is 8.60. The molecule has 1 N–H and O–H groups in total. The minimum absolute atomic E-state index is 0.00324. The molecule has 0 heterocycles. The zero-order valence-corrected chi connectivity index (χ0v) is 17.5. The number of esters is 1. The highest BCUT2D eigenvalue weighted by atomic mass is 35.5. The van der Waals surface area contributed by atoms with Crippen LogP contribution in [0.4, 0.5) is 5.69 Å². The highest BCUT2D eigenvalue weighted by Crippen LogP contribution is 2.53. The van der Waals surface area contributed by atoms with E-state index in [0.717, 1.165) is 24.8 Å². The van der Waals surface area contributed by atoms with Gasteiger partial charge in [-0.15, -0.1) is 0 Å². The Morgan fingerprint density at radius 1 is 1.03 bits per heavy atom. The van der Waals surface area contributed by atoms with Crippen LogP contribution in [-0.2, 0) is 14.3 Å². The molecule has 4 atom stereocenters. The summed E-state index contributed by atoms with van der Waals surface area (Å²) in [6.07, 6.45) is 2.76. The third kappa shape index (κ3) is 4.12. The van der Waals surface area contributed by atoms with Crippen LogP contribution in [-0.4, -0.2) is 24.3 Å². The Kier molecular flexibility index (Phi) is 5.91. The van der Waals surface area contributed by atoms with Crippen molar-refractivity contribution in [2.24, 2.45) is 23.7 Å². The number of hydrogen-bond acceptors (Lipinski definition) is 4. The number of amides is 1. The van der Waals surface area contributed by atoms with E-state index in [0.29, 0.717) is 16.3 Å². The lowest BCUT2D eigenvalue weighted by Gasteiger charge is -2.28. The van der Waals surface area contributed by atoms with E-state index in [1.165, 1.54) is 0 Å². The van der Waals surface area contributed by atoms with Gasteiger partial charge in [-0.3, -0.25) is 14.4 Å². The van der Waals surface area contributed by atoms with Gasteiger partial charge in [0.1, 0.15) is 0 Å². The highest BCUT2D eigenvalue weighted by Gasteiger charge is 2.54. The van der Waals surface area contributed by atoms with E-state index in [4.69, 9.17) is 16.3 Å². The predicted octanol–water partition coefficient (Wildman–Crippen LogP) is 4.68. The smallest absolute Gasteiger partial charge is 0.310 e. The van der Waals surface area contributed by atoms with Gasteiger partial charge in [-0.05, 0) is 55.7 Å². The van der Waals surface area contributed by atoms with Gasteiger partial charge in [-0.1, -0.05) is 48.0 Å². The average molecular weight is 426 g/mol. The monoisotopic (exact) mass is 425 g/mol. The number of anilines is 1. The first-order chi connectivity index (χ1) is 14.4. The van der Waals surface area contributed by atoms with E-state index >= 15 is 0 Å². The first kappa shape index (κ1) is 20.6. The molecule has 4 rings (SSSR count). The molecule has 2 aliphatic rings. The van der Waals surface area contributed by atoms with Gasteiger partial charge in [-0.25, -0.2) is 0 Å². The van der Waals surface area contributed by atoms with Gasteiger partial charge in [0.25, 0.3) is 5.91 Å². The maximum Gasteiger partial charge on any atom is 0.310 e. The quantitative estimate of drug-likeness (QED) is 0.539. The minimum Gasteiger partial charge on any atom is -0.455 e. The molecule has 2 aliphatic carbocycles. The van der Waals surface area contributed by atoms with Crippen LogP contribution in [0.25, 0.3) is 0 Å². The van der Waals surface area contributed by atoms with Crippen LogP contribution in [0.5, 0.6) is 0 Å². The van der Waals surface area contributed by atoms with Crippen LogP contribution in [0.3, 0.4) is 0 Å². The summed E-state index contributed by atoms with van der Waals surface area (Å²) in [5.74, 6) is -1.35. The van der Waals surface area contributed by atoms with E-state index in [-0.39, 0.29) is 30.1 Å². The van der Waals surface area contributed by atoms with Crippen molar-refractivity contribution < 1.29 is 19.1 Å². The summed E-state index contributed by atoms with van der Waals surface area (Å²) in [5, 5.41) is 3.23. The Balaban J connectivity index is 1.39. The number of carbonyl (C=O) groups is 3. The fourth-order valence-electron chi connectivity index (χ4n) is 4.90. The Bertz CT molecular complexity index is 974. The van der Waals surface area contributed by atoms with Crippen molar-refractivity contribution >= 4 is 34.9 Å². The fraction of sp³-hybridized carbons (Fsp3) is 0.375. The predicted molar refractivity (Wildman–Crippen MR) is 114 cm³/mol. The summed E-state index contributed by atoms with van der Waals surface area (Å²) in [6.45, 7) is 1.49. The number of benzene rings is 2. The zero-order valence-electron chi connectivity index (χ0n) is 16.8. The molecule has 2 bridgehead atoms. The Hall–Kier alpha value is -2.66. The summed E-state index contributed by atoms with van der Waals surface area (Å²) in [4.78, 5) is 38.2. The van der Waals surface area contributed by atoms with Crippen molar-refractivity contribution in [2.75, 3.05) is 11.9 Å². The number of fused-ring (bicyclic) bond motifs is 2. The van der Waals surface area contributed by atoms with Crippen LogP contribution >= 0.6 is 11.6 Å². The molecule has 1 amide bonds. The molecule has 0 aliphatic heterocycles. The lowest BCUT2D eigenvalue weighted by molar-refractivity contribution is -0.154. The number of ether oxygens (including phenoxy) is 1. The fourth-order valence-corrected chi connectivity index (χ4v) is 5.08. The van der Waals surface area contributed by atoms with Crippen LogP contribution < -0.4 is 5.32 Å². The molecule has 0 spiro atoms. The van der Waals surface area contributed by atoms with Crippen LogP contribution in [0.15, 0.2) is 48.5 Å². The van der Waals surface area contributed by atoms with Gasteiger partial charge in [0.05, 0.1) is 5.92 Å². The number of hydrogen-bond donors (Lipinski definition) is 1. The van der Waals surface area contributed by atoms with Crippen molar-refractivity contribution in [3.8, 4) is 0 Å². The van der Waals surface area contributed by atoms with E-state index < -0.39 is 17.8 Å². The second-order valence-corrected chi connectivity index (χ2v) is 8.64. The van der Waals surface area contributed by atoms with E-state index in [2.05, 4.69) is 5.32 Å². The Labute approximate surface area is 180 Å². The molecule has 2 aromatic carbocycles. The van der Waals surface area contributed by atoms with Crippen molar-refractivity contribution in [3.63, 3.8) is 0 Å². The lowest BCUT2D eigenvalue weighted by Crippen LogP contribution is -2.37. The second-order valence-electron chi connectivity index (χ2n) is 8.23. The number of carbonyl (C=O) groups excluding carboxylic acids is 3.